The summed E-state index contributed by atoms with van der Waals surface area (Å²) >= 11 is 0. The number of hydrogen-bond donors (Lipinski definition) is 2. The van der Waals surface area contributed by atoms with Crippen molar-refractivity contribution < 1.29 is 14.3 Å². The SMILES string of the molecule is CCNC(=O)[C@@H](C)NC(=O)COc1ccc(C(C)(C)C)cc1. The Labute approximate surface area is 132 Å². The fraction of sp³-hybridized carbons (Fsp3) is 0.529. The van der Waals surface area contributed by atoms with E-state index in [0.717, 1.165) is 0 Å². The molecule has 5 heteroatoms. The first-order valence-corrected chi connectivity index (χ1v) is 7.54. The highest BCUT2D eigenvalue weighted by molar-refractivity contribution is 5.87. The van der Waals surface area contributed by atoms with Crippen molar-refractivity contribution in [1.29, 1.82) is 0 Å². The van der Waals surface area contributed by atoms with Crippen LogP contribution in [0.25, 0.3) is 0 Å². The topological polar surface area (TPSA) is 67.4 Å². The Hall–Kier alpha value is -2.04. The fourth-order valence-electron chi connectivity index (χ4n) is 1.88. The maximum atomic E-state index is 11.7. The van der Waals surface area contributed by atoms with E-state index in [2.05, 4.69) is 31.4 Å². The van der Waals surface area contributed by atoms with Crippen LogP contribution < -0.4 is 15.4 Å². The molecule has 1 atom stereocenters. The zero-order valence-corrected chi connectivity index (χ0v) is 14.0. The predicted octanol–water partition coefficient (Wildman–Crippen LogP) is 2.00. The number of hydrogen-bond acceptors (Lipinski definition) is 3. The Balaban J connectivity index is 2.46. The van der Waals surface area contributed by atoms with Gasteiger partial charge in [-0.15, -0.1) is 0 Å². The van der Waals surface area contributed by atoms with E-state index in [1.165, 1.54) is 5.56 Å². The van der Waals surface area contributed by atoms with Gasteiger partial charge in [0.1, 0.15) is 11.8 Å². The second kappa shape index (κ2) is 7.82. The van der Waals surface area contributed by atoms with Crippen LogP contribution in [0, 0.1) is 0 Å². The minimum atomic E-state index is -0.570. The summed E-state index contributed by atoms with van der Waals surface area (Å²) < 4.78 is 5.43. The van der Waals surface area contributed by atoms with Gasteiger partial charge in [0.15, 0.2) is 6.61 Å². The molecule has 1 aromatic carbocycles. The van der Waals surface area contributed by atoms with Gasteiger partial charge in [0.05, 0.1) is 0 Å². The van der Waals surface area contributed by atoms with Gasteiger partial charge in [0.2, 0.25) is 5.91 Å². The molecule has 5 nitrogen and oxygen atoms in total. The average Bonchev–Trinajstić information content (AvgIpc) is 2.45. The van der Waals surface area contributed by atoms with Crippen LogP contribution in [0.1, 0.15) is 40.2 Å². The lowest BCUT2D eigenvalue weighted by molar-refractivity contribution is -0.129. The molecule has 0 aliphatic rings. The van der Waals surface area contributed by atoms with Crippen LogP contribution >= 0.6 is 0 Å². The van der Waals surface area contributed by atoms with Crippen molar-refractivity contribution in [2.45, 2.75) is 46.1 Å². The van der Waals surface area contributed by atoms with E-state index in [-0.39, 0.29) is 23.8 Å². The highest BCUT2D eigenvalue weighted by atomic mass is 16.5. The second-order valence-electron chi connectivity index (χ2n) is 6.25. The molecule has 2 N–H and O–H groups in total. The minimum absolute atomic E-state index is 0.0813. The monoisotopic (exact) mass is 306 g/mol. The van der Waals surface area contributed by atoms with Gasteiger partial charge in [-0.2, -0.15) is 0 Å². The Kier molecular flexibility index (Phi) is 6.40. The molecule has 0 saturated carbocycles. The average molecular weight is 306 g/mol. The number of rotatable bonds is 6. The van der Waals surface area contributed by atoms with Gasteiger partial charge < -0.3 is 15.4 Å². The predicted molar refractivity (Wildman–Crippen MR) is 86.9 cm³/mol. The van der Waals surface area contributed by atoms with E-state index in [0.29, 0.717) is 12.3 Å². The first-order valence-electron chi connectivity index (χ1n) is 7.54. The number of likely N-dealkylation sites (N-methyl/N-ethyl adjacent to an activating group) is 1. The largest absolute Gasteiger partial charge is 0.484 e. The van der Waals surface area contributed by atoms with Crippen LogP contribution in [-0.2, 0) is 15.0 Å². The van der Waals surface area contributed by atoms with Gasteiger partial charge in [-0.05, 0) is 37.0 Å². The third-order valence-corrected chi connectivity index (χ3v) is 3.21. The normalized spacial score (nSPS) is 12.4. The van der Waals surface area contributed by atoms with E-state index < -0.39 is 6.04 Å². The lowest BCUT2D eigenvalue weighted by atomic mass is 9.87. The summed E-state index contributed by atoms with van der Waals surface area (Å²) in [6.45, 7) is 10.3. The van der Waals surface area contributed by atoms with E-state index >= 15 is 0 Å². The van der Waals surface area contributed by atoms with E-state index in [1.807, 2.05) is 31.2 Å². The molecule has 2 amide bonds. The maximum Gasteiger partial charge on any atom is 0.258 e. The van der Waals surface area contributed by atoms with E-state index in [4.69, 9.17) is 4.74 Å². The standard InChI is InChI=1S/C17H26N2O3/c1-6-18-16(21)12(2)19-15(20)11-22-14-9-7-13(8-10-14)17(3,4)5/h7-10,12H,6,11H2,1-5H3,(H,18,21)(H,19,20)/t12-/m1/s1. The van der Waals surface area contributed by atoms with Crippen LogP contribution in [0.5, 0.6) is 5.75 Å². The van der Waals surface area contributed by atoms with Crippen molar-refractivity contribution in [3.63, 3.8) is 0 Å². The Morgan fingerprint density at radius 2 is 1.77 bits per heavy atom. The summed E-state index contributed by atoms with van der Waals surface area (Å²) in [5, 5.41) is 5.24. The summed E-state index contributed by atoms with van der Waals surface area (Å²) in [6, 6.07) is 7.11. The molecule has 0 aliphatic carbocycles. The summed E-state index contributed by atoms with van der Waals surface area (Å²) in [6.07, 6.45) is 0. The number of ether oxygens (including phenoxy) is 1. The molecule has 0 saturated heterocycles. The molecule has 0 aliphatic heterocycles. The van der Waals surface area contributed by atoms with Crippen molar-refractivity contribution in [3.05, 3.63) is 29.8 Å². The van der Waals surface area contributed by atoms with Gasteiger partial charge in [-0.25, -0.2) is 0 Å². The van der Waals surface area contributed by atoms with Crippen molar-refractivity contribution in [3.8, 4) is 5.75 Å². The zero-order chi connectivity index (χ0) is 16.8. The highest BCUT2D eigenvalue weighted by Crippen LogP contribution is 2.24. The van der Waals surface area contributed by atoms with Crippen LogP contribution in [0.4, 0.5) is 0 Å². The number of amides is 2. The molecule has 0 spiro atoms. The Bertz CT molecular complexity index is 504. The van der Waals surface area contributed by atoms with Gasteiger partial charge in [-0.3, -0.25) is 9.59 Å². The first-order chi connectivity index (χ1) is 10.2. The van der Waals surface area contributed by atoms with Crippen LogP contribution in [-0.4, -0.2) is 31.0 Å². The molecule has 0 unspecified atom stereocenters. The molecule has 0 bridgehead atoms. The molecule has 0 radical (unpaired) electrons. The van der Waals surface area contributed by atoms with Crippen molar-refractivity contribution in [2.75, 3.05) is 13.2 Å². The minimum Gasteiger partial charge on any atom is -0.484 e. The zero-order valence-electron chi connectivity index (χ0n) is 14.0. The molecule has 0 heterocycles. The maximum absolute atomic E-state index is 11.7. The van der Waals surface area contributed by atoms with Crippen molar-refractivity contribution >= 4 is 11.8 Å². The third kappa shape index (κ3) is 5.76. The Morgan fingerprint density at radius 3 is 2.27 bits per heavy atom. The van der Waals surface area contributed by atoms with Gasteiger partial charge in [0.25, 0.3) is 5.91 Å². The quantitative estimate of drug-likeness (QED) is 0.845. The first kappa shape index (κ1) is 18.0. The van der Waals surface area contributed by atoms with Gasteiger partial charge in [0, 0.05) is 6.54 Å². The number of carbonyl (C=O) groups excluding carboxylic acids is 2. The smallest absolute Gasteiger partial charge is 0.258 e. The van der Waals surface area contributed by atoms with Crippen LogP contribution in [0.3, 0.4) is 0 Å². The number of benzene rings is 1. The third-order valence-electron chi connectivity index (χ3n) is 3.21. The molecule has 122 valence electrons. The molecular formula is C17H26N2O3. The number of nitrogens with one attached hydrogen (secondary N) is 2. The molecule has 1 rings (SSSR count). The van der Waals surface area contributed by atoms with Gasteiger partial charge in [-0.1, -0.05) is 32.9 Å². The van der Waals surface area contributed by atoms with Crippen LogP contribution in [0.2, 0.25) is 0 Å². The van der Waals surface area contributed by atoms with Crippen molar-refractivity contribution in [1.82, 2.24) is 10.6 Å². The lowest BCUT2D eigenvalue weighted by Gasteiger charge is -2.19. The molecule has 1 aromatic rings. The van der Waals surface area contributed by atoms with Crippen LogP contribution in [0.15, 0.2) is 24.3 Å². The lowest BCUT2D eigenvalue weighted by Crippen LogP contribution is -2.46. The summed E-state index contributed by atoms with van der Waals surface area (Å²) in [5.74, 6) is 0.109. The summed E-state index contributed by atoms with van der Waals surface area (Å²) in [4.78, 5) is 23.3. The van der Waals surface area contributed by atoms with E-state index in [1.54, 1.807) is 6.92 Å². The summed E-state index contributed by atoms with van der Waals surface area (Å²) in [5.41, 5.74) is 1.28. The number of carbonyl (C=O) groups is 2. The molecule has 22 heavy (non-hydrogen) atoms. The molecule has 0 fully saturated rings. The molecular weight excluding hydrogens is 280 g/mol. The van der Waals surface area contributed by atoms with Gasteiger partial charge >= 0.3 is 0 Å². The fourth-order valence-corrected chi connectivity index (χ4v) is 1.88. The molecule has 0 aromatic heterocycles. The highest BCUT2D eigenvalue weighted by Gasteiger charge is 2.15. The van der Waals surface area contributed by atoms with E-state index in [9.17, 15) is 9.59 Å². The van der Waals surface area contributed by atoms with Crippen molar-refractivity contribution in [2.24, 2.45) is 0 Å². The summed E-state index contributed by atoms with van der Waals surface area (Å²) in [7, 11) is 0. The Morgan fingerprint density at radius 1 is 1.18 bits per heavy atom. The second-order valence-corrected chi connectivity index (χ2v) is 6.25.